The molecule has 0 aromatic carbocycles. The summed E-state index contributed by atoms with van der Waals surface area (Å²) in [6.07, 6.45) is 0. The van der Waals surface area contributed by atoms with Crippen molar-refractivity contribution in [2.24, 2.45) is 0 Å². The molecular formula is C12H14BrNS2. The van der Waals surface area contributed by atoms with Gasteiger partial charge in [0.1, 0.15) is 0 Å². The summed E-state index contributed by atoms with van der Waals surface area (Å²) in [6.45, 7) is 5.29. The minimum Gasteiger partial charge on any atom is -0.305 e. The van der Waals surface area contributed by atoms with Gasteiger partial charge in [0.15, 0.2) is 0 Å². The third-order valence-electron chi connectivity index (χ3n) is 2.46. The van der Waals surface area contributed by atoms with Crippen LogP contribution in [0.4, 0.5) is 0 Å². The minimum absolute atomic E-state index is 0.432. The molecule has 0 amide bonds. The molecule has 0 bridgehead atoms. The van der Waals surface area contributed by atoms with E-state index in [0.717, 1.165) is 6.54 Å². The number of hydrogen-bond acceptors (Lipinski definition) is 3. The highest BCUT2D eigenvalue weighted by atomic mass is 79.9. The first-order valence-corrected chi connectivity index (χ1v) is 7.67. The Kier molecular flexibility index (Phi) is 4.19. The highest BCUT2D eigenvalue weighted by molar-refractivity contribution is 9.10. The van der Waals surface area contributed by atoms with Crippen molar-refractivity contribution in [3.63, 3.8) is 0 Å². The molecule has 0 aliphatic rings. The van der Waals surface area contributed by atoms with Gasteiger partial charge in [-0.15, -0.1) is 22.7 Å². The quantitative estimate of drug-likeness (QED) is 0.860. The van der Waals surface area contributed by atoms with Crippen LogP contribution in [0.15, 0.2) is 28.1 Å². The molecule has 2 aromatic heterocycles. The maximum atomic E-state index is 3.55. The molecule has 0 fully saturated rings. The number of halogens is 1. The van der Waals surface area contributed by atoms with Gasteiger partial charge in [-0.3, -0.25) is 0 Å². The van der Waals surface area contributed by atoms with Crippen LogP contribution in [0, 0.1) is 6.92 Å². The molecule has 0 aliphatic heterocycles. The highest BCUT2D eigenvalue weighted by Crippen LogP contribution is 2.27. The molecule has 0 saturated heterocycles. The van der Waals surface area contributed by atoms with Crippen LogP contribution in [0.25, 0.3) is 0 Å². The van der Waals surface area contributed by atoms with Crippen molar-refractivity contribution in [1.82, 2.24) is 5.32 Å². The zero-order valence-electron chi connectivity index (χ0n) is 9.29. The van der Waals surface area contributed by atoms with Crippen LogP contribution in [0.2, 0.25) is 0 Å². The van der Waals surface area contributed by atoms with Gasteiger partial charge in [-0.25, -0.2) is 0 Å². The molecule has 2 aromatic rings. The lowest BCUT2D eigenvalue weighted by Gasteiger charge is -2.10. The first-order valence-electron chi connectivity index (χ1n) is 5.18. The number of nitrogens with one attached hydrogen (secondary N) is 1. The summed E-state index contributed by atoms with van der Waals surface area (Å²) in [5, 5.41) is 5.67. The number of rotatable bonds is 4. The molecule has 0 aliphatic carbocycles. The third-order valence-corrected chi connectivity index (χ3v) is 5.65. The molecule has 16 heavy (non-hydrogen) atoms. The molecule has 4 heteroatoms. The zero-order valence-corrected chi connectivity index (χ0v) is 12.5. The highest BCUT2D eigenvalue weighted by Gasteiger charge is 2.07. The summed E-state index contributed by atoms with van der Waals surface area (Å²) in [6, 6.07) is 6.91. The van der Waals surface area contributed by atoms with Gasteiger partial charge in [0.05, 0.1) is 0 Å². The van der Waals surface area contributed by atoms with Gasteiger partial charge in [-0.1, -0.05) is 6.07 Å². The van der Waals surface area contributed by atoms with Crippen LogP contribution in [0.3, 0.4) is 0 Å². The Morgan fingerprint density at radius 1 is 1.50 bits per heavy atom. The van der Waals surface area contributed by atoms with E-state index in [1.54, 1.807) is 11.3 Å². The van der Waals surface area contributed by atoms with Gasteiger partial charge in [0.25, 0.3) is 0 Å². The average molecular weight is 316 g/mol. The van der Waals surface area contributed by atoms with Crippen molar-refractivity contribution in [3.05, 3.63) is 42.7 Å². The fraction of sp³-hybridized carbons (Fsp3) is 0.333. The van der Waals surface area contributed by atoms with E-state index in [0.29, 0.717) is 6.04 Å². The molecule has 2 rings (SSSR count). The zero-order chi connectivity index (χ0) is 11.5. The Morgan fingerprint density at radius 3 is 2.88 bits per heavy atom. The second kappa shape index (κ2) is 5.45. The Balaban J connectivity index is 1.92. The third kappa shape index (κ3) is 2.94. The number of thiophene rings is 2. The lowest BCUT2D eigenvalue weighted by atomic mass is 10.3. The Labute approximate surface area is 113 Å². The summed E-state index contributed by atoms with van der Waals surface area (Å²) in [4.78, 5) is 4.13. The summed E-state index contributed by atoms with van der Waals surface area (Å²) >= 11 is 7.20. The van der Waals surface area contributed by atoms with Crippen molar-refractivity contribution in [3.8, 4) is 0 Å². The van der Waals surface area contributed by atoms with Crippen molar-refractivity contribution < 1.29 is 0 Å². The molecule has 0 spiro atoms. The van der Waals surface area contributed by atoms with Crippen LogP contribution < -0.4 is 5.32 Å². The smallest absolute Gasteiger partial charge is 0.0389 e. The van der Waals surface area contributed by atoms with Crippen molar-refractivity contribution >= 4 is 38.6 Å². The fourth-order valence-electron chi connectivity index (χ4n) is 1.50. The van der Waals surface area contributed by atoms with Gasteiger partial charge < -0.3 is 5.32 Å². The summed E-state index contributed by atoms with van der Waals surface area (Å²) in [5.74, 6) is 0. The standard InChI is InChI=1S/C12H14BrNS2/c1-8(12-4-3-5-15-12)14-7-10-6-11(13)9(2)16-10/h3-6,8,14H,7H2,1-2H3/t8-/m0/s1. The first-order chi connectivity index (χ1) is 7.66. The molecule has 1 atom stereocenters. The maximum absolute atomic E-state index is 3.55. The van der Waals surface area contributed by atoms with E-state index in [1.165, 1.54) is 19.1 Å². The summed E-state index contributed by atoms with van der Waals surface area (Å²) < 4.78 is 1.22. The van der Waals surface area contributed by atoms with E-state index >= 15 is 0 Å². The van der Waals surface area contributed by atoms with E-state index in [4.69, 9.17) is 0 Å². The summed E-state index contributed by atoms with van der Waals surface area (Å²) in [7, 11) is 0. The second-order valence-corrected chi connectivity index (χ2v) is 6.91. The van der Waals surface area contributed by atoms with Gasteiger partial charge in [0.2, 0.25) is 0 Å². The topological polar surface area (TPSA) is 12.0 Å². The van der Waals surface area contributed by atoms with Gasteiger partial charge in [0, 0.05) is 31.7 Å². The maximum Gasteiger partial charge on any atom is 0.0389 e. The molecule has 1 N–H and O–H groups in total. The van der Waals surface area contributed by atoms with Crippen LogP contribution in [-0.4, -0.2) is 0 Å². The Morgan fingerprint density at radius 2 is 2.31 bits per heavy atom. The van der Waals surface area contributed by atoms with Gasteiger partial charge in [-0.05, 0) is 47.3 Å². The largest absolute Gasteiger partial charge is 0.305 e. The molecule has 2 heterocycles. The fourth-order valence-corrected chi connectivity index (χ4v) is 3.81. The predicted molar refractivity (Wildman–Crippen MR) is 76.3 cm³/mol. The Hall–Kier alpha value is -0.160. The number of hydrogen-bond donors (Lipinski definition) is 1. The van der Waals surface area contributed by atoms with Crippen LogP contribution >= 0.6 is 38.6 Å². The van der Waals surface area contributed by atoms with Gasteiger partial charge >= 0.3 is 0 Å². The Bertz CT molecular complexity index is 428. The molecule has 0 unspecified atom stereocenters. The lowest BCUT2D eigenvalue weighted by Crippen LogP contribution is -2.16. The minimum atomic E-state index is 0.432. The van der Waals surface area contributed by atoms with Crippen molar-refractivity contribution in [2.75, 3.05) is 0 Å². The monoisotopic (exact) mass is 315 g/mol. The van der Waals surface area contributed by atoms with Crippen molar-refractivity contribution in [1.29, 1.82) is 0 Å². The first kappa shape index (κ1) is 12.3. The summed E-state index contributed by atoms with van der Waals surface area (Å²) in [5.41, 5.74) is 0. The average Bonchev–Trinajstić information content (AvgIpc) is 2.86. The normalized spacial score (nSPS) is 12.9. The SMILES string of the molecule is Cc1sc(CN[C@@H](C)c2cccs2)cc1Br. The van der Waals surface area contributed by atoms with E-state index in [1.807, 2.05) is 11.3 Å². The molecule has 0 radical (unpaired) electrons. The van der Waals surface area contributed by atoms with Crippen LogP contribution in [0.5, 0.6) is 0 Å². The number of aryl methyl sites for hydroxylation is 1. The van der Waals surface area contributed by atoms with Crippen LogP contribution in [-0.2, 0) is 6.54 Å². The van der Waals surface area contributed by atoms with E-state index < -0.39 is 0 Å². The van der Waals surface area contributed by atoms with E-state index in [-0.39, 0.29) is 0 Å². The predicted octanol–water partition coefficient (Wildman–Crippen LogP) is 4.73. The lowest BCUT2D eigenvalue weighted by molar-refractivity contribution is 0.587. The second-order valence-electron chi connectivity index (χ2n) is 3.73. The molecule has 0 saturated carbocycles. The van der Waals surface area contributed by atoms with E-state index in [9.17, 15) is 0 Å². The van der Waals surface area contributed by atoms with Crippen LogP contribution in [0.1, 0.15) is 27.6 Å². The van der Waals surface area contributed by atoms with Gasteiger partial charge in [-0.2, -0.15) is 0 Å². The van der Waals surface area contributed by atoms with E-state index in [2.05, 4.69) is 58.7 Å². The van der Waals surface area contributed by atoms with Crippen molar-refractivity contribution in [2.45, 2.75) is 26.4 Å². The molecule has 86 valence electrons. The molecular weight excluding hydrogens is 302 g/mol. The molecule has 1 nitrogen and oxygen atoms in total.